The van der Waals surface area contributed by atoms with Crippen molar-refractivity contribution in [2.75, 3.05) is 6.54 Å². The van der Waals surface area contributed by atoms with Crippen LogP contribution in [0.4, 0.5) is 5.69 Å². The lowest BCUT2D eigenvalue weighted by Crippen LogP contribution is -2.39. The van der Waals surface area contributed by atoms with Crippen molar-refractivity contribution in [1.82, 2.24) is 9.73 Å². The number of amides is 1. The lowest BCUT2D eigenvalue weighted by Gasteiger charge is -2.22. The highest BCUT2D eigenvalue weighted by molar-refractivity contribution is 9.10. The lowest BCUT2D eigenvalue weighted by molar-refractivity contribution is -0.385. The minimum absolute atomic E-state index is 0.000958. The molecular weight excluding hydrogens is 548 g/mol. The fraction of sp³-hybridized carbons (Fsp3) is 0.0909. The highest BCUT2D eigenvalue weighted by Crippen LogP contribution is 2.23. The van der Waals surface area contributed by atoms with E-state index in [4.69, 9.17) is 11.6 Å². The van der Waals surface area contributed by atoms with Crippen LogP contribution >= 0.6 is 27.5 Å². The van der Waals surface area contributed by atoms with Gasteiger partial charge >= 0.3 is 0 Å². The van der Waals surface area contributed by atoms with E-state index in [1.54, 1.807) is 42.5 Å². The molecule has 3 aromatic rings. The summed E-state index contributed by atoms with van der Waals surface area (Å²) >= 11 is 9.47. The van der Waals surface area contributed by atoms with Crippen LogP contribution in [0.3, 0.4) is 0 Å². The van der Waals surface area contributed by atoms with E-state index < -0.39 is 27.4 Å². The standard InChI is InChI=1S/C22H18BrClN4O5S/c23-18-9-11-19(12-10-18)34(32,33)27(14-17-6-1-3-7-20(17)24)15-22(29)26-25-13-16-5-2-4-8-21(16)28(30)31/h1-13H,14-15H2,(H,26,29)/b25-13+. The summed E-state index contributed by atoms with van der Waals surface area (Å²) in [5.41, 5.74) is 2.74. The molecule has 0 radical (unpaired) electrons. The van der Waals surface area contributed by atoms with Crippen LogP contribution in [0.2, 0.25) is 5.02 Å². The van der Waals surface area contributed by atoms with Crippen LogP contribution in [0.25, 0.3) is 0 Å². The number of hydrogen-bond acceptors (Lipinski definition) is 6. The van der Waals surface area contributed by atoms with Gasteiger partial charge < -0.3 is 0 Å². The number of para-hydroxylation sites is 1. The fourth-order valence-electron chi connectivity index (χ4n) is 2.93. The molecule has 34 heavy (non-hydrogen) atoms. The van der Waals surface area contributed by atoms with E-state index in [-0.39, 0.29) is 22.7 Å². The van der Waals surface area contributed by atoms with E-state index in [1.165, 1.54) is 30.3 Å². The van der Waals surface area contributed by atoms with Crippen LogP contribution in [-0.2, 0) is 21.4 Å². The minimum Gasteiger partial charge on any atom is -0.272 e. The third kappa shape index (κ3) is 6.48. The topological polar surface area (TPSA) is 122 Å². The summed E-state index contributed by atoms with van der Waals surface area (Å²) in [5, 5.41) is 15.2. The molecule has 0 heterocycles. The third-order valence-electron chi connectivity index (χ3n) is 4.60. The van der Waals surface area contributed by atoms with E-state index in [2.05, 4.69) is 26.5 Å². The monoisotopic (exact) mass is 564 g/mol. The van der Waals surface area contributed by atoms with Crippen molar-refractivity contribution in [3.8, 4) is 0 Å². The first-order valence-electron chi connectivity index (χ1n) is 9.73. The van der Waals surface area contributed by atoms with Gasteiger partial charge in [0.15, 0.2) is 0 Å². The average Bonchev–Trinajstić information content (AvgIpc) is 2.80. The quantitative estimate of drug-likeness (QED) is 0.235. The molecule has 3 rings (SSSR count). The Morgan fingerprint density at radius 3 is 2.41 bits per heavy atom. The van der Waals surface area contributed by atoms with Gasteiger partial charge in [-0.25, -0.2) is 13.8 Å². The van der Waals surface area contributed by atoms with E-state index in [0.717, 1.165) is 10.5 Å². The minimum atomic E-state index is -4.07. The number of hydrogen-bond donors (Lipinski definition) is 1. The van der Waals surface area contributed by atoms with Crippen molar-refractivity contribution in [2.45, 2.75) is 11.4 Å². The number of nitrogens with zero attached hydrogens (tertiary/aromatic N) is 3. The van der Waals surface area contributed by atoms with Crippen molar-refractivity contribution in [3.05, 3.63) is 104 Å². The molecular formula is C22H18BrClN4O5S. The molecule has 1 N–H and O–H groups in total. The number of sulfonamides is 1. The SMILES string of the molecule is O=C(CN(Cc1ccccc1Cl)S(=O)(=O)c1ccc(Br)cc1)N/N=C/c1ccccc1[N+](=O)[O-]. The van der Waals surface area contributed by atoms with Gasteiger partial charge in [-0.2, -0.15) is 9.41 Å². The van der Waals surface area contributed by atoms with Gasteiger partial charge in [0, 0.05) is 22.1 Å². The molecule has 3 aromatic carbocycles. The molecule has 0 aliphatic heterocycles. The van der Waals surface area contributed by atoms with Crippen molar-refractivity contribution in [2.24, 2.45) is 5.10 Å². The summed E-state index contributed by atoms with van der Waals surface area (Å²) in [4.78, 5) is 23.1. The molecule has 0 spiro atoms. The van der Waals surface area contributed by atoms with Crippen molar-refractivity contribution in [3.63, 3.8) is 0 Å². The van der Waals surface area contributed by atoms with E-state index in [0.29, 0.717) is 15.1 Å². The largest absolute Gasteiger partial charge is 0.278 e. The Morgan fingerprint density at radius 2 is 1.74 bits per heavy atom. The summed E-state index contributed by atoms with van der Waals surface area (Å²) in [5.74, 6) is -0.734. The third-order valence-corrected chi connectivity index (χ3v) is 7.31. The predicted molar refractivity (Wildman–Crippen MR) is 132 cm³/mol. The summed E-state index contributed by atoms with van der Waals surface area (Å²) in [6, 6.07) is 18.6. The van der Waals surface area contributed by atoms with E-state index in [9.17, 15) is 23.3 Å². The molecule has 1 amide bonds. The number of hydrazone groups is 1. The Bertz CT molecular complexity index is 1330. The van der Waals surface area contributed by atoms with Gasteiger partial charge in [0.25, 0.3) is 11.6 Å². The van der Waals surface area contributed by atoms with E-state index in [1.807, 2.05) is 0 Å². The predicted octanol–water partition coefficient (Wildman–Crippen LogP) is 4.35. The Balaban J connectivity index is 1.82. The molecule has 12 heteroatoms. The molecule has 0 saturated carbocycles. The number of nitro benzene ring substituents is 1. The molecule has 0 unspecified atom stereocenters. The summed E-state index contributed by atoms with van der Waals surface area (Å²) in [6.45, 7) is -0.711. The Kier molecular flexibility index (Phi) is 8.51. The molecule has 0 aromatic heterocycles. The molecule has 0 saturated heterocycles. The van der Waals surface area contributed by atoms with Crippen LogP contribution in [0.5, 0.6) is 0 Å². The van der Waals surface area contributed by atoms with Gasteiger partial charge in [-0.15, -0.1) is 0 Å². The Hall–Kier alpha value is -3.12. The number of carbonyl (C=O) groups is 1. The van der Waals surface area contributed by atoms with Crippen molar-refractivity contribution >= 4 is 55.4 Å². The number of nitro groups is 1. The molecule has 0 aliphatic rings. The Labute approximate surface area is 209 Å². The van der Waals surface area contributed by atoms with Gasteiger partial charge in [0.2, 0.25) is 10.0 Å². The second kappa shape index (κ2) is 11.3. The maximum atomic E-state index is 13.3. The normalized spacial score (nSPS) is 11.6. The van der Waals surface area contributed by atoms with Crippen LogP contribution in [0.15, 0.2) is 87.3 Å². The first-order valence-corrected chi connectivity index (χ1v) is 12.3. The van der Waals surface area contributed by atoms with Gasteiger partial charge in [0.05, 0.1) is 28.1 Å². The zero-order valence-electron chi connectivity index (χ0n) is 17.5. The zero-order valence-corrected chi connectivity index (χ0v) is 20.6. The highest BCUT2D eigenvalue weighted by atomic mass is 79.9. The molecule has 0 bridgehead atoms. The number of halogens is 2. The summed E-state index contributed by atoms with van der Waals surface area (Å²) < 4.78 is 28.2. The smallest absolute Gasteiger partial charge is 0.272 e. The Morgan fingerprint density at radius 1 is 1.09 bits per heavy atom. The number of benzene rings is 3. The van der Waals surface area contributed by atoms with Gasteiger partial charge in [0.1, 0.15) is 0 Å². The first kappa shape index (κ1) is 25.5. The maximum absolute atomic E-state index is 13.3. The maximum Gasteiger partial charge on any atom is 0.278 e. The molecule has 0 atom stereocenters. The highest BCUT2D eigenvalue weighted by Gasteiger charge is 2.27. The average molecular weight is 566 g/mol. The molecule has 0 aliphatic carbocycles. The van der Waals surface area contributed by atoms with Crippen LogP contribution in [0.1, 0.15) is 11.1 Å². The molecule has 0 fully saturated rings. The second-order valence-corrected chi connectivity index (χ2v) is 10.2. The van der Waals surface area contributed by atoms with Gasteiger partial charge in [-0.05, 0) is 42.0 Å². The fourth-order valence-corrected chi connectivity index (χ4v) is 4.76. The lowest BCUT2D eigenvalue weighted by atomic mass is 10.2. The number of carbonyl (C=O) groups excluding carboxylic acids is 1. The first-order chi connectivity index (χ1) is 16.2. The summed E-state index contributed by atoms with van der Waals surface area (Å²) in [7, 11) is -4.07. The zero-order chi connectivity index (χ0) is 24.7. The van der Waals surface area contributed by atoms with Crippen molar-refractivity contribution in [1.29, 1.82) is 0 Å². The van der Waals surface area contributed by atoms with Crippen LogP contribution in [-0.4, -0.2) is 36.3 Å². The van der Waals surface area contributed by atoms with E-state index >= 15 is 0 Å². The number of rotatable bonds is 9. The molecule has 176 valence electrons. The summed E-state index contributed by atoms with van der Waals surface area (Å²) in [6.07, 6.45) is 1.12. The van der Waals surface area contributed by atoms with Gasteiger partial charge in [-0.1, -0.05) is 57.9 Å². The van der Waals surface area contributed by atoms with Gasteiger partial charge in [-0.3, -0.25) is 14.9 Å². The number of nitrogens with one attached hydrogen (secondary N) is 1. The molecule has 9 nitrogen and oxygen atoms in total. The second-order valence-electron chi connectivity index (χ2n) is 6.93. The van der Waals surface area contributed by atoms with Crippen molar-refractivity contribution < 1.29 is 18.1 Å². The van der Waals surface area contributed by atoms with Crippen LogP contribution < -0.4 is 5.43 Å². The van der Waals surface area contributed by atoms with Crippen LogP contribution in [0, 0.1) is 10.1 Å².